The molecule has 1 aliphatic rings. The molecule has 1 aromatic rings. The highest BCUT2D eigenvalue weighted by Gasteiger charge is 2.13. The fourth-order valence-electron chi connectivity index (χ4n) is 1.32. The molecule has 3 nitrogen and oxygen atoms in total. The highest BCUT2D eigenvalue weighted by Crippen LogP contribution is 2.26. The van der Waals surface area contributed by atoms with Gasteiger partial charge in [0.2, 0.25) is 0 Å². The average Bonchev–Trinajstić information content (AvgIpc) is 2.58. The Bertz CT molecular complexity index is 292. The summed E-state index contributed by atoms with van der Waals surface area (Å²) in [6.45, 7) is 0.825. The molecule has 0 bridgehead atoms. The van der Waals surface area contributed by atoms with Gasteiger partial charge >= 0.3 is 0 Å². The van der Waals surface area contributed by atoms with Crippen LogP contribution in [0.2, 0.25) is 0 Å². The molecular weight excluding hydrogens is 152 g/mol. The van der Waals surface area contributed by atoms with Gasteiger partial charge in [0.05, 0.1) is 12.6 Å². The zero-order chi connectivity index (χ0) is 8.39. The maximum Gasteiger partial charge on any atom is 0.115 e. The van der Waals surface area contributed by atoms with Crippen molar-refractivity contribution in [1.29, 1.82) is 0 Å². The number of aromatic hydroxyl groups is 1. The maximum absolute atomic E-state index is 9.05. The first kappa shape index (κ1) is 7.28. The van der Waals surface area contributed by atoms with Crippen LogP contribution in [0.1, 0.15) is 18.0 Å². The number of benzene rings is 1. The van der Waals surface area contributed by atoms with E-state index in [2.05, 4.69) is 10.2 Å². The summed E-state index contributed by atoms with van der Waals surface area (Å²) < 4.78 is 0. The number of hydrogen-bond acceptors (Lipinski definition) is 3. The normalized spacial score (nSPS) is 21.5. The molecular formula is C9H10N2O. The Morgan fingerprint density at radius 3 is 2.58 bits per heavy atom. The lowest BCUT2D eigenvalue weighted by molar-refractivity contribution is 0.475. The van der Waals surface area contributed by atoms with E-state index in [0.717, 1.165) is 18.5 Å². The molecule has 12 heavy (non-hydrogen) atoms. The van der Waals surface area contributed by atoms with Crippen LogP contribution in [0.15, 0.2) is 34.5 Å². The number of azo groups is 1. The number of hydrogen-bond donors (Lipinski definition) is 1. The van der Waals surface area contributed by atoms with Gasteiger partial charge in [0, 0.05) is 0 Å². The fourth-order valence-corrected chi connectivity index (χ4v) is 1.32. The SMILES string of the molecule is Oc1ccc(C2CCN=N2)cc1. The summed E-state index contributed by atoms with van der Waals surface area (Å²) in [5.41, 5.74) is 1.13. The monoisotopic (exact) mass is 162 g/mol. The third kappa shape index (κ3) is 1.30. The van der Waals surface area contributed by atoms with Gasteiger partial charge in [-0.15, -0.1) is 0 Å². The lowest BCUT2D eigenvalue weighted by Gasteiger charge is -2.04. The minimum atomic E-state index is 0.214. The van der Waals surface area contributed by atoms with Gasteiger partial charge < -0.3 is 5.11 Å². The predicted octanol–water partition coefficient (Wildman–Crippen LogP) is 2.29. The fraction of sp³-hybridized carbons (Fsp3) is 0.333. The van der Waals surface area contributed by atoms with Crippen molar-refractivity contribution < 1.29 is 5.11 Å². The smallest absolute Gasteiger partial charge is 0.115 e. The van der Waals surface area contributed by atoms with E-state index >= 15 is 0 Å². The standard InChI is InChI=1S/C9H10N2O/c12-8-3-1-7(2-4-8)9-5-6-10-11-9/h1-4,9,12H,5-6H2. The molecule has 1 unspecified atom stereocenters. The van der Waals surface area contributed by atoms with E-state index in [4.69, 9.17) is 5.11 Å². The molecule has 0 amide bonds. The lowest BCUT2D eigenvalue weighted by atomic mass is 10.1. The molecule has 0 aromatic heterocycles. The summed E-state index contributed by atoms with van der Waals surface area (Å²) >= 11 is 0. The molecule has 0 saturated heterocycles. The second kappa shape index (κ2) is 2.93. The zero-order valence-electron chi connectivity index (χ0n) is 6.64. The Kier molecular flexibility index (Phi) is 1.78. The van der Waals surface area contributed by atoms with Gasteiger partial charge in [-0.1, -0.05) is 12.1 Å². The first-order chi connectivity index (χ1) is 5.86. The van der Waals surface area contributed by atoms with E-state index in [9.17, 15) is 0 Å². The molecule has 3 heteroatoms. The Balaban J connectivity index is 2.23. The topological polar surface area (TPSA) is 45.0 Å². The number of phenols is 1. The Labute approximate surface area is 70.8 Å². The molecule has 0 aliphatic carbocycles. The first-order valence-corrected chi connectivity index (χ1v) is 4.02. The van der Waals surface area contributed by atoms with Crippen LogP contribution >= 0.6 is 0 Å². The number of phenolic OH excluding ortho intramolecular Hbond substituents is 1. The molecule has 2 rings (SSSR count). The second-order valence-electron chi connectivity index (χ2n) is 2.88. The van der Waals surface area contributed by atoms with Crippen molar-refractivity contribution >= 4 is 0 Å². The molecule has 0 spiro atoms. The zero-order valence-corrected chi connectivity index (χ0v) is 6.64. The van der Waals surface area contributed by atoms with Gasteiger partial charge in [0.25, 0.3) is 0 Å². The minimum Gasteiger partial charge on any atom is -0.508 e. The van der Waals surface area contributed by atoms with Crippen molar-refractivity contribution in [1.82, 2.24) is 0 Å². The van der Waals surface area contributed by atoms with Gasteiger partial charge in [-0.3, -0.25) is 0 Å². The van der Waals surface area contributed by atoms with Crippen molar-refractivity contribution in [3.8, 4) is 5.75 Å². The van der Waals surface area contributed by atoms with Crippen LogP contribution in [0.5, 0.6) is 5.75 Å². The van der Waals surface area contributed by atoms with E-state index in [1.54, 1.807) is 12.1 Å². The minimum absolute atomic E-state index is 0.214. The van der Waals surface area contributed by atoms with Crippen LogP contribution in [-0.2, 0) is 0 Å². The van der Waals surface area contributed by atoms with Gasteiger partial charge in [-0.05, 0) is 24.1 Å². The van der Waals surface area contributed by atoms with Crippen molar-refractivity contribution in [2.24, 2.45) is 10.2 Å². The van der Waals surface area contributed by atoms with Crippen LogP contribution in [0.25, 0.3) is 0 Å². The summed E-state index contributed by atoms with van der Waals surface area (Å²) in [6, 6.07) is 7.37. The third-order valence-electron chi connectivity index (χ3n) is 2.00. The second-order valence-corrected chi connectivity index (χ2v) is 2.88. The Morgan fingerprint density at radius 1 is 1.25 bits per heavy atom. The maximum atomic E-state index is 9.05. The highest BCUT2D eigenvalue weighted by atomic mass is 16.3. The van der Waals surface area contributed by atoms with Gasteiger partial charge in [-0.2, -0.15) is 10.2 Å². The average molecular weight is 162 g/mol. The summed E-state index contributed by atoms with van der Waals surface area (Å²) in [6.07, 6.45) is 0.991. The van der Waals surface area contributed by atoms with Crippen molar-refractivity contribution in [2.75, 3.05) is 6.54 Å². The van der Waals surface area contributed by atoms with E-state index in [-0.39, 0.29) is 6.04 Å². The Morgan fingerprint density at radius 2 is 2.00 bits per heavy atom. The summed E-state index contributed by atoms with van der Waals surface area (Å²) in [4.78, 5) is 0. The molecule has 0 radical (unpaired) electrons. The van der Waals surface area contributed by atoms with E-state index in [0.29, 0.717) is 5.75 Å². The summed E-state index contributed by atoms with van der Waals surface area (Å²) in [7, 11) is 0. The molecule has 1 aliphatic heterocycles. The lowest BCUT2D eigenvalue weighted by Crippen LogP contribution is -1.90. The van der Waals surface area contributed by atoms with Crippen LogP contribution in [0.4, 0.5) is 0 Å². The van der Waals surface area contributed by atoms with Gasteiger partial charge in [0.1, 0.15) is 5.75 Å². The van der Waals surface area contributed by atoms with Crippen molar-refractivity contribution in [3.63, 3.8) is 0 Å². The van der Waals surface area contributed by atoms with Crippen LogP contribution in [0, 0.1) is 0 Å². The van der Waals surface area contributed by atoms with E-state index in [1.807, 2.05) is 12.1 Å². The van der Waals surface area contributed by atoms with Crippen molar-refractivity contribution in [2.45, 2.75) is 12.5 Å². The molecule has 1 heterocycles. The van der Waals surface area contributed by atoms with Crippen LogP contribution in [0.3, 0.4) is 0 Å². The molecule has 1 N–H and O–H groups in total. The molecule has 1 atom stereocenters. The van der Waals surface area contributed by atoms with E-state index in [1.165, 1.54) is 0 Å². The molecule has 0 saturated carbocycles. The van der Waals surface area contributed by atoms with Crippen LogP contribution < -0.4 is 0 Å². The predicted molar refractivity (Wildman–Crippen MR) is 45.2 cm³/mol. The van der Waals surface area contributed by atoms with Crippen molar-refractivity contribution in [3.05, 3.63) is 29.8 Å². The number of rotatable bonds is 1. The van der Waals surface area contributed by atoms with Gasteiger partial charge in [0.15, 0.2) is 0 Å². The molecule has 62 valence electrons. The van der Waals surface area contributed by atoms with Crippen LogP contribution in [-0.4, -0.2) is 11.7 Å². The third-order valence-corrected chi connectivity index (χ3v) is 2.00. The highest BCUT2D eigenvalue weighted by molar-refractivity contribution is 5.28. The quantitative estimate of drug-likeness (QED) is 0.676. The molecule has 0 fully saturated rings. The summed E-state index contributed by atoms with van der Waals surface area (Å²) in [5.74, 6) is 0.300. The molecule has 1 aromatic carbocycles. The van der Waals surface area contributed by atoms with Gasteiger partial charge in [-0.25, -0.2) is 0 Å². The first-order valence-electron chi connectivity index (χ1n) is 4.02. The largest absolute Gasteiger partial charge is 0.508 e. The Hall–Kier alpha value is -1.38. The summed E-state index contributed by atoms with van der Waals surface area (Å²) in [5, 5.41) is 17.1. The van der Waals surface area contributed by atoms with E-state index < -0.39 is 0 Å². The number of nitrogens with zero attached hydrogens (tertiary/aromatic N) is 2.